The van der Waals surface area contributed by atoms with Crippen molar-refractivity contribution in [3.8, 4) is 0 Å². The van der Waals surface area contributed by atoms with E-state index in [-0.39, 0.29) is 6.10 Å². The van der Waals surface area contributed by atoms with E-state index in [2.05, 4.69) is 46.3 Å². The highest BCUT2D eigenvalue weighted by atomic mass is 16.5. The Bertz CT molecular complexity index is 657. The van der Waals surface area contributed by atoms with Gasteiger partial charge in [0.15, 0.2) is 0 Å². The second-order valence-corrected chi connectivity index (χ2v) is 6.65. The molecule has 1 aliphatic heterocycles. The van der Waals surface area contributed by atoms with Crippen LogP contribution in [0.15, 0.2) is 48.7 Å². The topological polar surface area (TPSA) is 51.4 Å². The molecule has 2 aliphatic rings. The molecule has 4 heteroatoms. The Labute approximate surface area is 137 Å². The number of hydrogen-bond donors (Lipinski definition) is 1. The summed E-state index contributed by atoms with van der Waals surface area (Å²) in [6.45, 7) is 2.74. The lowest BCUT2D eigenvalue weighted by Gasteiger charge is -2.38. The summed E-state index contributed by atoms with van der Waals surface area (Å²) in [5.41, 5.74) is 8.39. The summed E-state index contributed by atoms with van der Waals surface area (Å²) in [7, 11) is 0. The van der Waals surface area contributed by atoms with Gasteiger partial charge < -0.3 is 10.5 Å². The average Bonchev–Trinajstić information content (AvgIpc) is 3.43. The van der Waals surface area contributed by atoms with Gasteiger partial charge in [-0.2, -0.15) is 0 Å². The zero-order valence-electron chi connectivity index (χ0n) is 13.3. The van der Waals surface area contributed by atoms with Crippen LogP contribution in [-0.4, -0.2) is 29.1 Å². The summed E-state index contributed by atoms with van der Waals surface area (Å²) >= 11 is 0. The summed E-state index contributed by atoms with van der Waals surface area (Å²) in [4.78, 5) is 6.68. The van der Waals surface area contributed by atoms with Crippen LogP contribution in [0.1, 0.15) is 30.1 Å². The van der Waals surface area contributed by atoms with Crippen LogP contribution in [0.3, 0.4) is 0 Å². The third-order valence-electron chi connectivity index (χ3n) is 4.84. The van der Waals surface area contributed by atoms with Crippen molar-refractivity contribution in [3.63, 3.8) is 0 Å². The molecule has 0 spiro atoms. The molecule has 1 aromatic heterocycles. The standard InChI is InChI=1S/C19H23N3O/c20-19-16(7-4-10-21-19)11-22-12-17(14-5-2-1-3-6-14)23-18(13-22)15-8-9-15/h1-7,10,15,17-18H,8-9,11-13H2,(H2,20,21)/t17-,18+/m0/s1. The third kappa shape index (κ3) is 3.38. The van der Waals surface area contributed by atoms with E-state index in [4.69, 9.17) is 10.5 Å². The molecular formula is C19H23N3O. The maximum absolute atomic E-state index is 6.41. The zero-order valence-corrected chi connectivity index (χ0v) is 13.3. The summed E-state index contributed by atoms with van der Waals surface area (Å²) in [5.74, 6) is 1.37. The molecule has 2 atom stereocenters. The van der Waals surface area contributed by atoms with Gasteiger partial charge in [0.25, 0.3) is 0 Å². The highest BCUT2D eigenvalue weighted by Gasteiger charge is 2.38. The zero-order chi connectivity index (χ0) is 15.6. The second-order valence-electron chi connectivity index (χ2n) is 6.65. The fraction of sp³-hybridized carbons (Fsp3) is 0.421. The predicted octanol–water partition coefficient (Wildman–Crippen LogP) is 3.02. The van der Waals surface area contributed by atoms with E-state index in [9.17, 15) is 0 Å². The molecule has 2 fully saturated rings. The number of benzene rings is 1. The molecule has 2 aromatic rings. The number of nitrogens with two attached hydrogens (primary N) is 1. The highest BCUT2D eigenvalue weighted by molar-refractivity contribution is 5.38. The van der Waals surface area contributed by atoms with Crippen LogP contribution in [0, 0.1) is 5.92 Å². The van der Waals surface area contributed by atoms with Gasteiger partial charge in [-0.3, -0.25) is 4.90 Å². The van der Waals surface area contributed by atoms with Crippen molar-refractivity contribution < 1.29 is 4.74 Å². The van der Waals surface area contributed by atoms with Crippen LogP contribution in [-0.2, 0) is 11.3 Å². The lowest BCUT2D eigenvalue weighted by Crippen LogP contribution is -2.44. The largest absolute Gasteiger partial charge is 0.383 e. The number of nitrogen functional groups attached to an aromatic ring is 1. The molecular weight excluding hydrogens is 286 g/mol. The highest BCUT2D eigenvalue weighted by Crippen LogP contribution is 2.39. The first kappa shape index (κ1) is 14.7. The fourth-order valence-electron chi connectivity index (χ4n) is 3.39. The molecule has 1 aromatic carbocycles. The quantitative estimate of drug-likeness (QED) is 0.943. The van der Waals surface area contributed by atoms with Crippen molar-refractivity contribution in [2.24, 2.45) is 5.92 Å². The molecule has 0 amide bonds. The van der Waals surface area contributed by atoms with Crippen LogP contribution in [0.5, 0.6) is 0 Å². The van der Waals surface area contributed by atoms with E-state index in [1.54, 1.807) is 6.20 Å². The summed E-state index contributed by atoms with van der Waals surface area (Å²) in [6, 6.07) is 14.6. The lowest BCUT2D eigenvalue weighted by atomic mass is 10.0. The maximum atomic E-state index is 6.41. The smallest absolute Gasteiger partial charge is 0.127 e. The van der Waals surface area contributed by atoms with Crippen LogP contribution in [0.25, 0.3) is 0 Å². The van der Waals surface area contributed by atoms with Gasteiger partial charge >= 0.3 is 0 Å². The van der Waals surface area contributed by atoms with E-state index in [0.29, 0.717) is 11.9 Å². The Morgan fingerprint density at radius 2 is 1.91 bits per heavy atom. The second kappa shape index (κ2) is 6.30. The number of morpholine rings is 1. The first-order chi connectivity index (χ1) is 11.3. The van der Waals surface area contributed by atoms with Crippen molar-refractivity contribution in [1.29, 1.82) is 0 Å². The van der Waals surface area contributed by atoms with Gasteiger partial charge in [0, 0.05) is 31.4 Å². The minimum Gasteiger partial charge on any atom is -0.383 e. The van der Waals surface area contributed by atoms with Crippen LogP contribution < -0.4 is 5.73 Å². The van der Waals surface area contributed by atoms with Crippen molar-refractivity contribution in [2.75, 3.05) is 18.8 Å². The minimum absolute atomic E-state index is 0.147. The van der Waals surface area contributed by atoms with Crippen molar-refractivity contribution in [2.45, 2.75) is 31.6 Å². The van der Waals surface area contributed by atoms with E-state index in [1.807, 2.05) is 6.07 Å². The lowest BCUT2D eigenvalue weighted by molar-refractivity contribution is -0.0985. The summed E-state index contributed by atoms with van der Waals surface area (Å²) in [5, 5.41) is 0. The third-order valence-corrected chi connectivity index (χ3v) is 4.84. The fourth-order valence-corrected chi connectivity index (χ4v) is 3.39. The maximum Gasteiger partial charge on any atom is 0.127 e. The molecule has 2 heterocycles. The molecule has 0 unspecified atom stereocenters. The molecule has 1 aliphatic carbocycles. The van der Waals surface area contributed by atoms with Gasteiger partial charge in [0.1, 0.15) is 5.82 Å². The van der Waals surface area contributed by atoms with E-state index < -0.39 is 0 Å². The number of hydrogen-bond acceptors (Lipinski definition) is 4. The van der Waals surface area contributed by atoms with Gasteiger partial charge in [0.2, 0.25) is 0 Å². The average molecular weight is 309 g/mol. The predicted molar refractivity (Wildman–Crippen MR) is 90.7 cm³/mol. The molecule has 0 radical (unpaired) electrons. The Balaban J connectivity index is 1.53. The molecule has 4 nitrogen and oxygen atoms in total. The number of anilines is 1. The van der Waals surface area contributed by atoms with Crippen molar-refractivity contribution in [3.05, 3.63) is 59.8 Å². The van der Waals surface area contributed by atoms with Crippen molar-refractivity contribution >= 4 is 5.82 Å². The normalized spacial score (nSPS) is 25.4. The Hall–Kier alpha value is -1.91. The first-order valence-electron chi connectivity index (χ1n) is 8.42. The van der Waals surface area contributed by atoms with E-state index in [0.717, 1.165) is 31.1 Å². The van der Waals surface area contributed by atoms with Gasteiger partial charge in [-0.05, 0) is 30.4 Å². The molecule has 1 saturated heterocycles. The Morgan fingerprint density at radius 3 is 2.65 bits per heavy atom. The number of nitrogens with zero attached hydrogens (tertiary/aromatic N) is 2. The number of ether oxygens (including phenoxy) is 1. The van der Waals surface area contributed by atoms with Gasteiger partial charge in [-0.15, -0.1) is 0 Å². The molecule has 23 heavy (non-hydrogen) atoms. The molecule has 4 rings (SSSR count). The molecule has 1 saturated carbocycles. The van der Waals surface area contributed by atoms with Crippen LogP contribution in [0.2, 0.25) is 0 Å². The van der Waals surface area contributed by atoms with Gasteiger partial charge in [-0.25, -0.2) is 4.98 Å². The SMILES string of the molecule is Nc1ncccc1CN1C[C@@H](c2ccccc2)O[C@@H](C2CC2)C1. The summed E-state index contributed by atoms with van der Waals surface area (Å²) < 4.78 is 6.41. The Morgan fingerprint density at radius 1 is 1.09 bits per heavy atom. The number of aromatic nitrogens is 1. The van der Waals surface area contributed by atoms with E-state index in [1.165, 1.54) is 18.4 Å². The van der Waals surface area contributed by atoms with Gasteiger partial charge in [0.05, 0.1) is 12.2 Å². The minimum atomic E-state index is 0.147. The Kier molecular flexibility index (Phi) is 4.02. The molecule has 120 valence electrons. The van der Waals surface area contributed by atoms with E-state index >= 15 is 0 Å². The summed E-state index contributed by atoms with van der Waals surface area (Å²) in [6.07, 6.45) is 4.84. The number of rotatable bonds is 4. The molecule has 2 N–H and O–H groups in total. The number of pyridine rings is 1. The van der Waals surface area contributed by atoms with Crippen molar-refractivity contribution in [1.82, 2.24) is 9.88 Å². The molecule has 0 bridgehead atoms. The van der Waals surface area contributed by atoms with Crippen LogP contribution >= 0.6 is 0 Å². The first-order valence-corrected chi connectivity index (χ1v) is 8.42. The monoisotopic (exact) mass is 309 g/mol. The van der Waals surface area contributed by atoms with Crippen LogP contribution in [0.4, 0.5) is 5.82 Å². The van der Waals surface area contributed by atoms with Gasteiger partial charge in [-0.1, -0.05) is 36.4 Å².